The Morgan fingerprint density at radius 1 is 1.06 bits per heavy atom. The number of aliphatic hydroxyl groups is 2. The van der Waals surface area contributed by atoms with E-state index in [-0.39, 0.29) is 30.9 Å². The average Bonchev–Trinajstić information content (AvgIpc) is 3.25. The Morgan fingerprint density at radius 3 is 2.21 bits per heavy atom. The minimum absolute atomic E-state index is 0.143. The first-order valence-corrected chi connectivity index (χ1v) is 17.1. The van der Waals surface area contributed by atoms with Crippen molar-refractivity contribution in [1.82, 2.24) is 9.80 Å². The fraction of sp³-hybridized carbons (Fsp3) is 0.912. The smallest absolute Gasteiger partial charge is 0.410 e. The van der Waals surface area contributed by atoms with E-state index in [1.807, 2.05) is 32.8 Å². The lowest BCUT2D eigenvalue weighted by Crippen LogP contribution is -2.61. The molecule has 3 heterocycles. The zero-order chi connectivity index (χ0) is 35.8. The third-order valence-corrected chi connectivity index (χ3v) is 10.9. The molecule has 4 N–H and O–H groups in total. The summed E-state index contributed by atoms with van der Waals surface area (Å²) in [6.45, 7) is 16.0. The highest BCUT2D eigenvalue weighted by atomic mass is 16.7. The van der Waals surface area contributed by atoms with Crippen molar-refractivity contribution in [3.63, 3.8) is 0 Å². The minimum Gasteiger partial charge on any atom is -0.458 e. The fourth-order valence-electron chi connectivity index (χ4n) is 8.13. The van der Waals surface area contributed by atoms with Gasteiger partial charge >= 0.3 is 12.1 Å². The number of ketones is 1. The number of Topliss-reactive ketones (excluding diaryl/α,β-unsaturated/α-hetero) is 1. The van der Waals surface area contributed by atoms with Gasteiger partial charge in [-0.3, -0.25) is 14.5 Å². The van der Waals surface area contributed by atoms with Gasteiger partial charge in [-0.1, -0.05) is 27.7 Å². The van der Waals surface area contributed by atoms with Gasteiger partial charge in [-0.25, -0.2) is 4.79 Å². The third-order valence-electron chi connectivity index (χ3n) is 10.9. The fourth-order valence-corrected chi connectivity index (χ4v) is 8.13. The first kappa shape index (κ1) is 39.6. The highest BCUT2D eigenvalue weighted by molar-refractivity contribution is 5.85. The van der Waals surface area contributed by atoms with E-state index in [0.29, 0.717) is 12.8 Å². The van der Waals surface area contributed by atoms with Gasteiger partial charge in [0.15, 0.2) is 11.9 Å². The first-order valence-electron chi connectivity index (χ1n) is 17.1. The van der Waals surface area contributed by atoms with E-state index >= 15 is 0 Å². The number of esters is 1. The van der Waals surface area contributed by atoms with Crippen LogP contribution in [0.25, 0.3) is 0 Å². The molecule has 15 atom stereocenters. The summed E-state index contributed by atoms with van der Waals surface area (Å²) < 4.78 is 30.9. The molecule has 0 aliphatic carbocycles. The first-order chi connectivity index (χ1) is 21.7. The van der Waals surface area contributed by atoms with E-state index in [9.17, 15) is 24.6 Å². The van der Waals surface area contributed by atoms with Crippen LogP contribution in [0.1, 0.15) is 81.6 Å². The van der Waals surface area contributed by atoms with Crippen molar-refractivity contribution >= 4 is 17.8 Å². The highest BCUT2D eigenvalue weighted by Crippen LogP contribution is 2.43. The number of methoxy groups -OCH3 is 1. The number of carbonyl (C=O) groups excluding carboxylic acids is 3. The molecule has 0 spiro atoms. The van der Waals surface area contributed by atoms with Crippen LogP contribution in [-0.2, 0) is 33.3 Å². The number of hydrogen-bond acceptors (Lipinski definition) is 12. The summed E-state index contributed by atoms with van der Waals surface area (Å²) in [6.07, 6.45) is -5.00. The topological polar surface area (TPSA) is 170 Å². The standard InChI is InChI=1S/C34H61N3O10/c1-13-24-34(9)28(37(16-18(3)35)32(42)47-34)20(5)25(38)17(2)15-33(8,43-12)29(21(6)26(39)22(7)30(41)45-24)46-31-27(40)23(36(10)11)14-19(4)44-31/h17-24,26-29,31,39-40H,13-16,35H2,1-12H3/t17-,18-,19-,20+,21+,22-,23+,24-,26+,27-,28-,29-,31+,33-,34-/m1/s1. The van der Waals surface area contributed by atoms with Crippen LogP contribution >= 0.6 is 0 Å². The number of carbonyl (C=O) groups is 3. The monoisotopic (exact) mass is 671 g/mol. The number of aliphatic hydroxyl groups excluding tert-OH is 2. The van der Waals surface area contributed by atoms with Crippen LogP contribution in [0.5, 0.6) is 0 Å². The number of fused-ring (bicyclic) bond motifs is 1. The highest BCUT2D eigenvalue weighted by Gasteiger charge is 2.60. The molecule has 0 bridgehead atoms. The normalized spacial score (nSPS) is 44.9. The van der Waals surface area contributed by atoms with E-state index in [2.05, 4.69) is 0 Å². The molecule has 272 valence electrons. The number of ether oxygens (including phenoxy) is 5. The SMILES string of the molecule is CC[C@H]1OC(=O)[C@H](C)[C@@H](O)[C@H](C)[C@@H](O[C@@H]2O[C@H](C)C[C@H](N(C)C)[C@H]2O)[C@](C)(OC)C[C@@H](C)C(=O)[C@H](C)[C@H]2N(C[C@@H](C)N)C(=O)O[C@]12C. The second-order valence-electron chi connectivity index (χ2n) is 15.0. The van der Waals surface area contributed by atoms with Gasteiger partial charge in [0.25, 0.3) is 0 Å². The van der Waals surface area contributed by atoms with Crippen LogP contribution in [0.4, 0.5) is 4.79 Å². The molecule has 3 rings (SSSR count). The van der Waals surface area contributed by atoms with Crippen LogP contribution in [0.15, 0.2) is 0 Å². The second-order valence-corrected chi connectivity index (χ2v) is 15.0. The van der Waals surface area contributed by atoms with Crippen LogP contribution < -0.4 is 5.73 Å². The summed E-state index contributed by atoms with van der Waals surface area (Å²) in [6, 6.07) is -1.44. The Bertz CT molecular complexity index is 1110. The van der Waals surface area contributed by atoms with Crippen molar-refractivity contribution in [1.29, 1.82) is 0 Å². The lowest BCUT2D eigenvalue weighted by Gasteiger charge is -2.48. The number of nitrogens with zero attached hydrogens (tertiary/aromatic N) is 2. The van der Waals surface area contributed by atoms with Crippen molar-refractivity contribution < 1.29 is 48.3 Å². The van der Waals surface area contributed by atoms with E-state index in [1.54, 1.807) is 48.5 Å². The number of cyclic esters (lactones) is 1. The summed E-state index contributed by atoms with van der Waals surface area (Å²) >= 11 is 0. The summed E-state index contributed by atoms with van der Waals surface area (Å²) in [4.78, 5) is 44.9. The Hall–Kier alpha value is -1.87. The Balaban J connectivity index is 2.14. The Morgan fingerprint density at radius 2 is 1.68 bits per heavy atom. The van der Waals surface area contributed by atoms with Crippen LogP contribution in [0, 0.1) is 23.7 Å². The maximum atomic E-state index is 14.4. The van der Waals surface area contributed by atoms with Crippen LogP contribution in [-0.4, -0.2) is 132 Å². The zero-order valence-corrected chi connectivity index (χ0v) is 30.5. The molecular weight excluding hydrogens is 610 g/mol. The van der Waals surface area contributed by atoms with Gasteiger partial charge in [-0.05, 0) is 68.0 Å². The van der Waals surface area contributed by atoms with Crippen molar-refractivity contribution in [2.24, 2.45) is 29.4 Å². The van der Waals surface area contributed by atoms with E-state index in [4.69, 9.17) is 29.4 Å². The van der Waals surface area contributed by atoms with Crippen LogP contribution in [0.2, 0.25) is 0 Å². The van der Waals surface area contributed by atoms with Gasteiger partial charge in [0, 0.05) is 43.5 Å². The molecule has 0 aromatic heterocycles. The van der Waals surface area contributed by atoms with Crippen molar-refractivity contribution in [2.45, 2.75) is 148 Å². The number of likely N-dealkylation sites (N-methyl/N-ethyl adjacent to an activating group) is 1. The second kappa shape index (κ2) is 15.3. The Kier molecular flexibility index (Phi) is 12.9. The maximum absolute atomic E-state index is 14.4. The van der Waals surface area contributed by atoms with Gasteiger partial charge in [-0.15, -0.1) is 0 Å². The molecule has 0 unspecified atom stereocenters. The lowest BCUT2D eigenvalue weighted by atomic mass is 9.73. The maximum Gasteiger partial charge on any atom is 0.410 e. The molecule has 13 nitrogen and oxygen atoms in total. The van der Waals surface area contributed by atoms with E-state index in [1.165, 1.54) is 12.0 Å². The number of nitrogens with two attached hydrogens (primary N) is 1. The summed E-state index contributed by atoms with van der Waals surface area (Å²) in [5, 5.41) is 23.1. The molecule has 47 heavy (non-hydrogen) atoms. The van der Waals surface area contributed by atoms with Crippen molar-refractivity contribution in [3.05, 3.63) is 0 Å². The molecule has 0 aromatic rings. The van der Waals surface area contributed by atoms with Gasteiger partial charge in [0.1, 0.15) is 18.0 Å². The minimum atomic E-state index is -1.37. The lowest BCUT2D eigenvalue weighted by molar-refractivity contribution is -0.301. The number of amides is 1. The summed E-state index contributed by atoms with van der Waals surface area (Å²) in [5.41, 5.74) is 3.58. The van der Waals surface area contributed by atoms with Gasteiger partial charge in [0.2, 0.25) is 0 Å². The molecular formula is C34H61N3O10. The van der Waals surface area contributed by atoms with Crippen LogP contribution in [0.3, 0.4) is 0 Å². The quantitative estimate of drug-likeness (QED) is 0.338. The average molecular weight is 672 g/mol. The molecule has 0 aromatic carbocycles. The third kappa shape index (κ3) is 7.97. The predicted molar refractivity (Wildman–Crippen MR) is 174 cm³/mol. The zero-order valence-electron chi connectivity index (χ0n) is 30.5. The van der Waals surface area contributed by atoms with E-state index in [0.717, 1.165) is 0 Å². The molecule has 3 fully saturated rings. The van der Waals surface area contributed by atoms with Gasteiger partial charge in [-0.2, -0.15) is 0 Å². The van der Waals surface area contributed by atoms with Gasteiger partial charge < -0.3 is 44.5 Å². The molecule has 3 saturated heterocycles. The van der Waals surface area contributed by atoms with Gasteiger partial charge in [0.05, 0.1) is 35.9 Å². The Labute approximate surface area is 280 Å². The largest absolute Gasteiger partial charge is 0.458 e. The number of hydrogen-bond donors (Lipinski definition) is 3. The molecule has 0 saturated carbocycles. The molecule has 3 aliphatic heterocycles. The van der Waals surface area contributed by atoms with Crippen molar-refractivity contribution in [3.8, 4) is 0 Å². The molecule has 1 amide bonds. The number of rotatable bonds is 7. The predicted octanol–water partition coefficient (Wildman–Crippen LogP) is 2.33. The van der Waals surface area contributed by atoms with Crippen molar-refractivity contribution in [2.75, 3.05) is 27.7 Å². The molecule has 13 heteroatoms. The molecule has 0 radical (unpaired) electrons. The summed E-state index contributed by atoms with van der Waals surface area (Å²) in [5.74, 6) is -3.93. The van der Waals surface area contributed by atoms with E-state index < -0.39 is 89.7 Å². The molecule has 3 aliphatic rings. The summed E-state index contributed by atoms with van der Waals surface area (Å²) in [7, 11) is 5.27.